The summed E-state index contributed by atoms with van der Waals surface area (Å²) in [4.78, 5) is 12.3. The zero-order valence-corrected chi connectivity index (χ0v) is 12.5. The van der Waals surface area contributed by atoms with Gasteiger partial charge in [0.1, 0.15) is 11.6 Å². The van der Waals surface area contributed by atoms with Crippen LogP contribution >= 0.6 is 0 Å². The van der Waals surface area contributed by atoms with Crippen molar-refractivity contribution in [3.8, 4) is 5.75 Å². The summed E-state index contributed by atoms with van der Waals surface area (Å²) in [6, 6.07) is 7.15. The number of methoxy groups -OCH3 is 1. The zero-order valence-electron chi connectivity index (χ0n) is 12.5. The molecule has 0 saturated heterocycles. The number of hydrogen-bond acceptors (Lipinski definition) is 5. The topological polar surface area (TPSA) is 81.1 Å². The first-order chi connectivity index (χ1) is 10.8. The van der Waals surface area contributed by atoms with Crippen molar-refractivity contribution in [1.29, 1.82) is 0 Å². The van der Waals surface area contributed by atoms with Crippen LogP contribution in [0.4, 0.5) is 0 Å². The minimum atomic E-state index is -0.179. The molecule has 7 heteroatoms. The lowest BCUT2D eigenvalue weighted by Gasteiger charge is -2.10. The molecule has 0 unspecified atom stereocenters. The molecule has 116 valence electrons. The van der Waals surface area contributed by atoms with Crippen LogP contribution in [0, 0.1) is 0 Å². The minimum absolute atomic E-state index is 0.179. The number of amides is 1. The normalized spacial score (nSPS) is 14.0. The molecule has 1 aromatic carbocycles. The van der Waals surface area contributed by atoms with Gasteiger partial charge in [0.2, 0.25) is 0 Å². The predicted molar refractivity (Wildman–Crippen MR) is 80.8 cm³/mol. The van der Waals surface area contributed by atoms with E-state index in [0.717, 1.165) is 37.7 Å². The number of para-hydroxylation sites is 1. The summed E-state index contributed by atoms with van der Waals surface area (Å²) in [5.41, 5.74) is 0.516. The number of aromatic nitrogens is 3. The molecule has 22 heavy (non-hydrogen) atoms. The smallest absolute Gasteiger partial charge is 0.255 e. The first kappa shape index (κ1) is 14.5. The first-order valence-electron chi connectivity index (χ1n) is 7.32. The highest BCUT2D eigenvalue weighted by atomic mass is 16.5. The van der Waals surface area contributed by atoms with Gasteiger partial charge in [-0.3, -0.25) is 4.79 Å². The molecule has 0 saturated carbocycles. The quantitative estimate of drug-likeness (QED) is 0.852. The summed E-state index contributed by atoms with van der Waals surface area (Å²) >= 11 is 0. The van der Waals surface area contributed by atoms with Gasteiger partial charge >= 0.3 is 0 Å². The molecular formula is C15H19N5O2. The van der Waals surface area contributed by atoms with Gasteiger partial charge in [0.15, 0.2) is 5.82 Å². The number of nitrogens with one attached hydrogen (secondary N) is 2. The van der Waals surface area contributed by atoms with Gasteiger partial charge in [-0.05, 0) is 12.1 Å². The van der Waals surface area contributed by atoms with Crippen LogP contribution in [0.2, 0.25) is 0 Å². The molecule has 7 nitrogen and oxygen atoms in total. The van der Waals surface area contributed by atoms with Crippen molar-refractivity contribution in [1.82, 2.24) is 25.4 Å². The van der Waals surface area contributed by atoms with Gasteiger partial charge < -0.3 is 19.9 Å². The lowest BCUT2D eigenvalue weighted by molar-refractivity contribution is 0.0946. The molecule has 0 bridgehead atoms. The van der Waals surface area contributed by atoms with Crippen LogP contribution in [0.3, 0.4) is 0 Å². The Hall–Kier alpha value is -2.41. The van der Waals surface area contributed by atoms with E-state index < -0.39 is 0 Å². The lowest BCUT2D eigenvalue weighted by atomic mass is 10.2. The van der Waals surface area contributed by atoms with E-state index in [2.05, 4.69) is 25.4 Å². The predicted octanol–water partition coefficient (Wildman–Crippen LogP) is 0.362. The SMILES string of the molecule is COc1ccccc1C(=O)NCc1nnc2n1CCNCC2. The van der Waals surface area contributed by atoms with E-state index in [9.17, 15) is 4.79 Å². The minimum Gasteiger partial charge on any atom is -0.496 e. The Kier molecular flexibility index (Phi) is 4.34. The van der Waals surface area contributed by atoms with Crippen LogP contribution < -0.4 is 15.4 Å². The highest BCUT2D eigenvalue weighted by molar-refractivity contribution is 5.96. The molecule has 1 aliphatic rings. The van der Waals surface area contributed by atoms with Crippen molar-refractivity contribution in [2.45, 2.75) is 19.5 Å². The van der Waals surface area contributed by atoms with Gasteiger partial charge in [-0.1, -0.05) is 12.1 Å². The summed E-state index contributed by atoms with van der Waals surface area (Å²) in [7, 11) is 1.55. The summed E-state index contributed by atoms with van der Waals surface area (Å²) < 4.78 is 7.28. The first-order valence-corrected chi connectivity index (χ1v) is 7.32. The summed E-state index contributed by atoms with van der Waals surface area (Å²) in [5.74, 6) is 2.12. The van der Waals surface area contributed by atoms with Crippen LogP contribution in [0.5, 0.6) is 5.75 Å². The van der Waals surface area contributed by atoms with E-state index in [-0.39, 0.29) is 5.91 Å². The Morgan fingerprint density at radius 1 is 1.36 bits per heavy atom. The van der Waals surface area contributed by atoms with Crippen molar-refractivity contribution in [2.75, 3.05) is 20.2 Å². The van der Waals surface area contributed by atoms with Crippen molar-refractivity contribution in [2.24, 2.45) is 0 Å². The zero-order chi connectivity index (χ0) is 15.4. The molecule has 3 rings (SSSR count). The van der Waals surface area contributed by atoms with Crippen LogP contribution in [0.1, 0.15) is 22.0 Å². The lowest BCUT2D eigenvalue weighted by Crippen LogP contribution is -2.26. The third-order valence-electron chi connectivity index (χ3n) is 3.70. The maximum absolute atomic E-state index is 12.3. The van der Waals surface area contributed by atoms with Crippen LogP contribution in [-0.4, -0.2) is 40.9 Å². The Labute approximate surface area is 128 Å². The maximum atomic E-state index is 12.3. The molecule has 2 heterocycles. The largest absolute Gasteiger partial charge is 0.496 e. The van der Waals surface area contributed by atoms with Crippen molar-refractivity contribution in [3.05, 3.63) is 41.5 Å². The van der Waals surface area contributed by atoms with Crippen molar-refractivity contribution in [3.63, 3.8) is 0 Å². The highest BCUT2D eigenvalue weighted by Gasteiger charge is 2.16. The molecule has 1 amide bonds. The van der Waals surface area contributed by atoms with Gasteiger partial charge in [-0.25, -0.2) is 0 Å². The Morgan fingerprint density at radius 3 is 3.09 bits per heavy atom. The maximum Gasteiger partial charge on any atom is 0.255 e. The molecule has 0 aliphatic carbocycles. The number of hydrogen-bond donors (Lipinski definition) is 2. The Bertz CT molecular complexity index is 668. The molecule has 0 fully saturated rings. The Balaban J connectivity index is 1.70. The summed E-state index contributed by atoms with van der Waals surface area (Å²) in [6.07, 6.45) is 0.855. The number of nitrogens with zero attached hydrogens (tertiary/aromatic N) is 3. The van der Waals surface area contributed by atoms with E-state index in [0.29, 0.717) is 17.9 Å². The Morgan fingerprint density at radius 2 is 2.23 bits per heavy atom. The molecular weight excluding hydrogens is 282 g/mol. The average molecular weight is 301 g/mol. The average Bonchev–Trinajstić information content (AvgIpc) is 2.79. The van der Waals surface area contributed by atoms with Crippen LogP contribution in [-0.2, 0) is 19.5 Å². The van der Waals surface area contributed by atoms with E-state index in [1.807, 2.05) is 12.1 Å². The van der Waals surface area contributed by atoms with Crippen molar-refractivity contribution >= 4 is 5.91 Å². The number of ether oxygens (including phenoxy) is 1. The van der Waals surface area contributed by atoms with E-state index in [1.54, 1.807) is 19.2 Å². The second-order valence-electron chi connectivity index (χ2n) is 5.07. The molecule has 1 aliphatic heterocycles. The number of benzene rings is 1. The molecule has 0 atom stereocenters. The second kappa shape index (κ2) is 6.57. The van der Waals surface area contributed by atoms with E-state index in [4.69, 9.17) is 4.74 Å². The standard InChI is InChI=1S/C15H19N5O2/c1-22-12-5-3-2-4-11(12)15(21)17-10-14-19-18-13-6-7-16-8-9-20(13)14/h2-5,16H,6-10H2,1H3,(H,17,21). The number of carbonyl (C=O) groups is 1. The third-order valence-corrected chi connectivity index (χ3v) is 3.70. The summed E-state index contributed by atoms with van der Waals surface area (Å²) in [5, 5.41) is 14.6. The molecule has 1 aromatic heterocycles. The molecule has 2 N–H and O–H groups in total. The van der Waals surface area contributed by atoms with Crippen molar-refractivity contribution < 1.29 is 9.53 Å². The molecule has 0 radical (unpaired) electrons. The number of fused-ring (bicyclic) bond motifs is 1. The van der Waals surface area contributed by atoms with Crippen LogP contribution in [0.15, 0.2) is 24.3 Å². The second-order valence-corrected chi connectivity index (χ2v) is 5.07. The van der Waals surface area contributed by atoms with Gasteiger partial charge in [0.25, 0.3) is 5.91 Å². The monoisotopic (exact) mass is 301 g/mol. The van der Waals surface area contributed by atoms with Gasteiger partial charge in [-0.15, -0.1) is 10.2 Å². The molecule has 0 spiro atoms. The number of rotatable bonds is 4. The third kappa shape index (κ3) is 2.94. The van der Waals surface area contributed by atoms with E-state index in [1.165, 1.54) is 0 Å². The molecule has 2 aromatic rings. The van der Waals surface area contributed by atoms with Gasteiger partial charge in [-0.2, -0.15) is 0 Å². The fourth-order valence-electron chi connectivity index (χ4n) is 2.55. The summed E-state index contributed by atoms with van der Waals surface area (Å²) in [6.45, 7) is 2.97. The van der Waals surface area contributed by atoms with E-state index >= 15 is 0 Å². The van der Waals surface area contributed by atoms with Gasteiger partial charge in [0.05, 0.1) is 19.2 Å². The van der Waals surface area contributed by atoms with Crippen LogP contribution in [0.25, 0.3) is 0 Å². The highest BCUT2D eigenvalue weighted by Crippen LogP contribution is 2.17. The fourth-order valence-corrected chi connectivity index (χ4v) is 2.55. The van der Waals surface area contributed by atoms with Gasteiger partial charge in [0, 0.05) is 26.1 Å². The fraction of sp³-hybridized carbons (Fsp3) is 0.400. The number of carbonyl (C=O) groups excluding carboxylic acids is 1.